The zero-order valence-electron chi connectivity index (χ0n) is 18.4. The van der Waals surface area contributed by atoms with Gasteiger partial charge in [0.1, 0.15) is 0 Å². The number of aromatic nitrogens is 1. The van der Waals surface area contributed by atoms with Crippen molar-refractivity contribution in [2.24, 2.45) is 5.41 Å². The lowest BCUT2D eigenvalue weighted by molar-refractivity contribution is -0.384. The zero-order valence-corrected chi connectivity index (χ0v) is 18.4. The Kier molecular flexibility index (Phi) is 4.52. The maximum absolute atomic E-state index is 14.0. The van der Waals surface area contributed by atoms with Crippen LogP contribution in [0.1, 0.15) is 30.4 Å². The Morgan fingerprint density at radius 3 is 2.42 bits per heavy atom. The van der Waals surface area contributed by atoms with Crippen LogP contribution in [0.2, 0.25) is 0 Å². The molecule has 0 aliphatic carbocycles. The molecule has 10 heteroatoms. The third-order valence-electron chi connectivity index (χ3n) is 7.41. The summed E-state index contributed by atoms with van der Waals surface area (Å²) < 4.78 is 0. The number of nitro groups is 1. The van der Waals surface area contributed by atoms with Crippen molar-refractivity contribution in [1.82, 2.24) is 14.8 Å². The minimum atomic E-state index is -1.67. The molecule has 10 nitrogen and oxygen atoms in total. The van der Waals surface area contributed by atoms with E-state index in [1.807, 2.05) is 11.0 Å². The van der Waals surface area contributed by atoms with Crippen LogP contribution in [0, 0.1) is 15.5 Å². The van der Waals surface area contributed by atoms with Crippen molar-refractivity contribution in [2.75, 3.05) is 25.5 Å². The number of nitrogens with zero attached hydrogens (tertiary/aromatic N) is 5. The van der Waals surface area contributed by atoms with E-state index in [1.165, 1.54) is 26.2 Å². The predicted molar refractivity (Wildman–Crippen MR) is 117 cm³/mol. The highest BCUT2D eigenvalue weighted by Crippen LogP contribution is 2.60. The van der Waals surface area contributed by atoms with Gasteiger partial charge in [0.2, 0.25) is 11.8 Å². The Balaban J connectivity index is 1.87. The minimum absolute atomic E-state index is 0.0466. The van der Waals surface area contributed by atoms with Gasteiger partial charge in [0.25, 0.3) is 5.69 Å². The normalized spacial score (nSPS) is 24.1. The number of piperidine rings is 1. The summed E-state index contributed by atoms with van der Waals surface area (Å²) in [6.45, 7) is 0.559. The number of amides is 4. The van der Waals surface area contributed by atoms with Gasteiger partial charge >= 0.3 is 6.03 Å². The topological polar surface area (TPSA) is 117 Å². The Hall–Kier alpha value is -3.82. The largest absolute Gasteiger partial charge is 0.360 e. The minimum Gasteiger partial charge on any atom is -0.360 e. The first-order chi connectivity index (χ1) is 15.8. The van der Waals surface area contributed by atoms with Crippen molar-refractivity contribution in [3.63, 3.8) is 0 Å². The summed E-state index contributed by atoms with van der Waals surface area (Å²) in [4.78, 5) is 60.0. The van der Waals surface area contributed by atoms with E-state index in [2.05, 4.69) is 4.98 Å². The van der Waals surface area contributed by atoms with Gasteiger partial charge in [0.15, 0.2) is 5.41 Å². The average molecular weight is 449 g/mol. The summed E-state index contributed by atoms with van der Waals surface area (Å²) >= 11 is 0. The second-order valence-corrected chi connectivity index (χ2v) is 8.87. The molecule has 1 atom stereocenters. The number of imide groups is 2. The van der Waals surface area contributed by atoms with Crippen LogP contribution in [-0.2, 0) is 21.5 Å². The van der Waals surface area contributed by atoms with E-state index >= 15 is 0 Å². The Bertz CT molecular complexity index is 1170. The van der Waals surface area contributed by atoms with Crippen molar-refractivity contribution >= 4 is 29.2 Å². The van der Waals surface area contributed by atoms with Gasteiger partial charge in [-0.05, 0) is 42.5 Å². The third-order valence-corrected chi connectivity index (χ3v) is 7.41. The fraction of sp³-hybridized carbons (Fsp3) is 0.391. The average Bonchev–Trinajstić information content (AvgIpc) is 2.85. The van der Waals surface area contributed by atoms with Crippen LogP contribution >= 0.6 is 0 Å². The number of nitro benzene ring substituents is 1. The fourth-order valence-corrected chi connectivity index (χ4v) is 5.99. The molecule has 0 bridgehead atoms. The van der Waals surface area contributed by atoms with E-state index in [9.17, 15) is 24.5 Å². The standard InChI is InChI=1S/C23H23N5O5/c1-25-19(29)22(20(30)26(2)21(25)31)13-15-12-17(28(32)33)7-8-18(15)27-11-4-3-9-23(22,27)16-6-5-10-24-14-16/h5-8,10,12,14H,3-4,9,11,13H2,1-2H3/t23-/m0/s1. The number of hydrogen-bond donors (Lipinski definition) is 0. The molecule has 2 aromatic rings. The number of rotatable bonds is 2. The Morgan fingerprint density at radius 2 is 1.79 bits per heavy atom. The van der Waals surface area contributed by atoms with Crippen LogP contribution in [0.3, 0.4) is 0 Å². The molecule has 2 saturated heterocycles. The first-order valence-corrected chi connectivity index (χ1v) is 10.8. The number of carbonyl (C=O) groups excluding carboxylic acids is 3. The molecule has 5 rings (SSSR count). The molecular weight excluding hydrogens is 426 g/mol. The van der Waals surface area contributed by atoms with E-state index in [0.717, 1.165) is 28.3 Å². The summed E-state index contributed by atoms with van der Waals surface area (Å²) in [6.07, 6.45) is 5.37. The van der Waals surface area contributed by atoms with Gasteiger partial charge < -0.3 is 4.90 Å². The van der Waals surface area contributed by atoms with Gasteiger partial charge in [0.05, 0.1) is 10.5 Å². The molecule has 1 aromatic carbocycles. The molecule has 2 fully saturated rings. The third kappa shape index (κ3) is 2.54. The maximum atomic E-state index is 14.0. The second kappa shape index (κ2) is 7.09. The van der Waals surface area contributed by atoms with Crippen LogP contribution in [0.5, 0.6) is 0 Å². The van der Waals surface area contributed by atoms with E-state index in [0.29, 0.717) is 24.1 Å². The van der Waals surface area contributed by atoms with Gasteiger partial charge in [0, 0.05) is 57.3 Å². The summed E-state index contributed by atoms with van der Waals surface area (Å²) in [5.74, 6) is -1.19. The first-order valence-electron chi connectivity index (χ1n) is 10.8. The lowest BCUT2D eigenvalue weighted by Gasteiger charge is -2.62. The Morgan fingerprint density at radius 1 is 1.06 bits per heavy atom. The van der Waals surface area contributed by atoms with Gasteiger partial charge in [-0.2, -0.15) is 0 Å². The number of hydrogen-bond acceptors (Lipinski definition) is 7. The number of pyridine rings is 1. The number of anilines is 1. The molecule has 0 N–H and O–H groups in total. The van der Waals surface area contributed by atoms with Crippen LogP contribution in [0.25, 0.3) is 0 Å². The number of non-ortho nitro benzene ring substituents is 1. The van der Waals surface area contributed by atoms with Crippen molar-refractivity contribution in [1.29, 1.82) is 0 Å². The van der Waals surface area contributed by atoms with Gasteiger partial charge in [-0.3, -0.25) is 34.5 Å². The highest BCUT2D eigenvalue weighted by molar-refractivity contribution is 6.20. The summed E-state index contributed by atoms with van der Waals surface area (Å²) in [6, 6.07) is 7.53. The molecule has 3 aliphatic rings. The fourth-order valence-electron chi connectivity index (χ4n) is 5.99. The summed E-state index contributed by atoms with van der Waals surface area (Å²) in [5, 5.41) is 11.5. The van der Waals surface area contributed by atoms with Crippen LogP contribution in [0.4, 0.5) is 16.2 Å². The number of urea groups is 1. The molecular formula is C23H23N5O5. The molecule has 0 saturated carbocycles. The lowest BCUT2D eigenvalue weighted by Crippen LogP contribution is -2.76. The monoisotopic (exact) mass is 449 g/mol. The highest BCUT2D eigenvalue weighted by Gasteiger charge is 2.71. The number of barbiturate groups is 1. The van der Waals surface area contributed by atoms with E-state index in [1.54, 1.807) is 24.5 Å². The SMILES string of the molecule is CN1C(=O)N(C)C(=O)C2(Cc3cc([N+](=O)[O-])ccc3N3CCCC[C@@]32c2cccnc2)C1=O. The molecule has 1 spiro atoms. The molecule has 170 valence electrons. The molecule has 3 aliphatic heterocycles. The van der Waals surface area contributed by atoms with Crippen LogP contribution < -0.4 is 4.90 Å². The summed E-state index contributed by atoms with van der Waals surface area (Å²) in [5.41, 5.74) is -0.841. The first kappa shape index (κ1) is 21.0. The van der Waals surface area contributed by atoms with Gasteiger partial charge in [-0.1, -0.05) is 6.07 Å². The van der Waals surface area contributed by atoms with Crippen molar-refractivity contribution in [2.45, 2.75) is 31.2 Å². The lowest BCUT2D eigenvalue weighted by atomic mass is 9.55. The van der Waals surface area contributed by atoms with E-state index in [4.69, 9.17) is 0 Å². The molecule has 4 heterocycles. The number of fused-ring (bicyclic) bond motifs is 4. The maximum Gasteiger partial charge on any atom is 0.332 e. The van der Waals surface area contributed by atoms with Gasteiger partial charge in [-0.15, -0.1) is 0 Å². The van der Waals surface area contributed by atoms with Crippen molar-refractivity contribution in [3.8, 4) is 0 Å². The molecule has 0 radical (unpaired) electrons. The summed E-state index contributed by atoms with van der Waals surface area (Å²) in [7, 11) is 2.75. The molecule has 1 aromatic heterocycles. The van der Waals surface area contributed by atoms with E-state index < -0.39 is 33.7 Å². The number of carbonyl (C=O) groups is 3. The zero-order chi connectivity index (χ0) is 23.5. The molecule has 33 heavy (non-hydrogen) atoms. The van der Waals surface area contributed by atoms with Gasteiger partial charge in [-0.25, -0.2) is 4.79 Å². The van der Waals surface area contributed by atoms with E-state index in [-0.39, 0.29) is 12.1 Å². The Labute approximate surface area is 189 Å². The predicted octanol–water partition coefficient (Wildman–Crippen LogP) is 2.47. The van der Waals surface area contributed by atoms with Crippen LogP contribution in [0.15, 0.2) is 42.7 Å². The highest BCUT2D eigenvalue weighted by atomic mass is 16.6. The smallest absolute Gasteiger partial charge is 0.332 e. The number of benzene rings is 1. The van der Waals surface area contributed by atoms with Crippen LogP contribution in [-0.4, -0.2) is 58.2 Å². The molecule has 0 unspecified atom stereocenters. The van der Waals surface area contributed by atoms with Crippen molar-refractivity contribution < 1.29 is 19.3 Å². The second-order valence-electron chi connectivity index (χ2n) is 8.87. The quantitative estimate of drug-likeness (QED) is 0.393. The molecule has 4 amide bonds. The van der Waals surface area contributed by atoms with Crippen molar-refractivity contribution in [3.05, 3.63) is 64.0 Å².